The summed E-state index contributed by atoms with van der Waals surface area (Å²) < 4.78 is 0. The Kier molecular flexibility index (Phi) is 3.89. The second-order valence-corrected chi connectivity index (χ2v) is 6.03. The van der Waals surface area contributed by atoms with Gasteiger partial charge in [0.1, 0.15) is 0 Å². The highest BCUT2D eigenvalue weighted by molar-refractivity contribution is 6.06. The molecule has 0 saturated carbocycles. The molecule has 3 heterocycles. The number of amides is 1. The van der Waals surface area contributed by atoms with E-state index < -0.39 is 0 Å². The Morgan fingerprint density at radius 3 is 2.72 bits per heavy atom. The summed E-state index contributed by atoms with van der Waals surface area (Å²) in [6.07, 6.45) is 5.69. The minimum absolute atomic E-state index is 0.0780. The molecule has 3 aromatic rings. The van der Waals surface area contributed by atoms with E-state index in [1.165, 1.54) is 6.20 Å². The molecule has 1 aliphatic rings. The van der Waals surface area contributed by atoms with Crippen molar-refractivity contribution in [2.45, 2.75) is 12.5 Å². The number of carbonyl (C=O) groups is 1. The topological polar surface area (TPSA) is 91.0 Å². The maximum atomic E-state index is 12.9. The van der Waals surface area contributed by atoms with Crippen molar-refractivity contribution >= 4 is 22.6 Å². The van der Waals surface area contributed by atoms with E-state index in [4.69, 9.17) is 0 Å². The highest BCUT2D eigenvalue weighted by atomic mass is 16.2. The number of aromatic amines is 1. The lowest BCUT2D eigenvalue weighted by molar-refractivity contribution is 0.0793. The molecule has 1 aliphatic heterocycles. The van der Waals surface area contributed by atoms with Crippen molar-refractivity contribution in [2.75, 3.05) is 18.4 Å². The minimum atomic E-state index is -0.186. The van der Waals surface area contributed by atoms with Crippen LogP contribution in [0.2, 0.25) is 0 Å². The summed E-state index contributed by atoms with van der Waals surface area (Å²) >= 11 is 0. The molecule has 0 bridgehead atoms. The van der Waals surface area contributed by atoms with Crippen molar-refractivity contribution < 1.29 is 4.79 Å². The molecule has 2 N–H and O–H groups in total. The van der Waals surface area contributed by atoms with Gasteiger partial charge in [0, 0.05) is 48.5 Å². The normalized spacial score (nSPS) is 17.0. The lowest BCUT2D eigenvalue weighted by Crippen LogP contribution is -2.32. The summed E-state index contributed by atoms with van der Waals surface area (Å²) in [5.41, 5.74) is 0.334. The first-order chi connectivity index (χ1) is 12.2. The van der Waals surface area contributed by atoms with E-state index in [0.717, 1.165) is 6.42 Å². The Balaban J connectivity index is 1.55. The zero-order valence-corrected chi connectivity index (χ0v) is 13.5. The zero-order chi connectivity index (χ0) is 17.2. The number of hydrogen-bond acceptors (Lipinski definition) is 5. The largest absolute Gasteiger partial charge is 0.350 e. The Morgan fingerprint density at radius 2 is 1.92 bits per heavy atom. The molecule has 7 nitrogen and oxygen atoms in total. The number of nitrogens with zero attached hydrogens (tertiary/aromatic N) is 3. The molecule has 1 aromatic carbocycles. The van der Waals surface area contributed by atoms with Gasteiger partial charge in [0.25, 0.3) is 11.5 Å². The molecule has 25 heavy (non-hydrogen) atoms. The Bertz CT molecular complexity index is 970. The van der Waals surface area contributed by atoms with Crippen LogP contribution in [0.5, 0.6) is 0 Å². The first-order valence-corrected chi connectivity index (χ1v) is 8.15. The van der Waals surface area contributed by atoms with E-state index >= 15 is 0 Å². The molecule has 4 rings (SSSR count). The number of fused-ring (bicyclic) bond motifs is 1. The maximum absolute atomic E-state index is 12.9. The number of hydrogen-bond donors (Lipinski definition) is 2. The Hall–Kier alpha value is -3.22. The van der Waals surface area contributed by atoms with Gasteiger partial charge in [-0.2, -0.15) is 0 Å². The lowest BCUT2D eigenvalue weighted by Gasteiger charge is -2.18. The van der Waals surface area contributed by atoms with Crippen LogP contribution in [-0.2, 0) is 0 Å². The van der Waals surface area contributed by atoms with Crippen LogP contribution >= 0.6 is 0 Å². The second-order valence-electron chi connectivity index (χ2n) is 6.03. The highest BCUT2D eigenvalue weighted by Crippen LogP contribution is 2.20. The Labute approximate surface area is 143 Å². The number of pyridine rings is 1. The van der Waals surface area contributed by atoms with Gasteiger partial charge >= 0.3 is 0 Å². The van der Waals surface area contributed by atoms with Crippen molar-refractivity contribution in [3.8, 4) is 0 Å². The van der Waals surface area contributed by atoms with Gasteiger partial charge in [-0.15, -0.1) is 0 Å². The minimum Gasteiger partial charge on any atom is -0.350 e. The van der Waals surface area contributed by atoms with E-state index in [1.807, 2.05) is 6.07 Å². The average Bonchev–Trinajstić information content (AvgIpc) is 3.11. The molecule has 7 heteroatoms. The Morgan fingerprint density at radius 1 is 1.16 bits per heavy atom. The van der Waals surface area contributed by atoms with Crippen molar-refractivity contribution in [2.24, 2.45) is 0 Å². The number of carbonyl (C=O) groups excluding carboxylic acids is 1. The predicted molar refractivity (Wildman–Crippen MR) is 94.5 cm³/mol. The SMILES string of the molecule is O=C(c1c[nH]c(=O)c2ccccc12)N1CC[C@H](Nc2ncccn2)C1. The first-order valence-electron chi connectivity index (χ1n) is 8.15. The van der Waals surface area contributed by atoms with Crippen molar-refractivity contribution in [1.82, 2.24) is 19.9 Å². The van der Waals surface area contributed by atoms with Crippen LogP contribution in [0.15, 0.2) is 53.7 Å². The molecule has 0 aliphatic carbocycles. The van der Waals surface area contributed by atoms with E-state index in [2.05, 4.69) is 20.3 Å². The molecule has 1 fully saturated rings. The first kappa shape index (κ1) is 15.3. The molecule has 0 unspecified atom stereocenters. The van der Waals surface area contributed by atoms with Crippen LogP contribution in [0.4, 0.5) is 5.95 Å². The monoisotopic (exact) mass is 335 g/mol. The summed E-state index contributed by atoms with van der Waals surface area (Å²) in [6.45, 7) is 1.22. The van der Waals surface area contributed by atoms with Gasteiger partial charge in [-0.3, -0.25) is 9.59 Å². The molecular weight excluding hydrogens is 318 g/mol. The summed E-state index contributed by atoms with van der Waals surface area (Å²) in [6, 6.07) is 9.03. The van der Waals surface area contributed by atoms with Crippen LogP contribution in [0, 0.1) is 0 Å². The molecule has 0 spiro atoms. The van der Waals surface area contributed by atoms with Gasteiger partial charge in [0.05, 0.1) is 5.56 Å². The third kappa shape index (κ3) is 2.96. The molecule has 2 aromatic heterocycles. The maximum Gasteiger partial charge on any atom is 0.256 e. The van der Waals surface area contributed by atoms with Crippen molar-refractivity contribution in [3.05, 3.63) is 64.8 Å². The standard InChI is InChI=1S/C18H17N5O2/c24-16-14-5-2-1-4-13(14)15(10-21-16)17(25)23-9-6-12(11-23)22-18-19-7-3-8-20-18/h1-5,7-8,10,12H,6,9,11H2,(H,21,24)(H,19,20,22)/t12-/m0/s1. The van der Waals surface area contributed by atoms with Crippen molar-refractivity contribution in [3.63, 3.8) is 0 Å². The quantitative estimate of drug-likeness (QED) is 0.759. The molecular formula is C18H17N5O2. The average molecular weight is 335 g/mol. The van der Waals surface area contributed by atoms with E-state index in [1.54, 1.807) is 41.6 Å². The van der Waals surface area contributed by atoms with Crippen LogP contribution < -0.4 is 10.9 Å². The fourth-order valence-corrected chi connectivity index (χ4v) is 3.18. The van der Waals surface area contributed by atoms with Crippen LogP contribution in [0.3, 0.4) is 0 Å². The van der Waals surface area contributed by atoms with Gasteiger partial charge in [0.15, 0.2) is 0 Å². The molecule has 1 amide bonds. The van der Waals surface area contributed by atoms with Gasteiger partial charge in [-0.1, -0.05) is 18.2 Å². The number of rotatable bonds is 3. The smallest absolute Gasteiger partial charge is 0.256 e. The number of benzene rings is 1. The number of aromatic nitrogens is 3. The van der Waals surface area contributed by atoms with Crippen LogP contribution in [0.1, 0.15) is 16.8 Å². The van der Waals surface area contributed by atoms with Crippen molar-refractivity contribution in [1.29, 1.82) is 0 Å². The van der Waals surface area contributed by atoms with Gasteiger partial charge in [-0.05, 0) is 18.6 Å². The fraction of sp³-hybridized carbons (Fsp3) is 0.222. The number of H-pyrrole nitrogens is 1. The number of anilines is 1. The predicted octanol–water partition coefficient (Wildman–Crippen LogP) is 1.64. The third-order valence-corrected chi connectivity index (χ3v) is 4.41. The summed E-state index contributed by atoms with van der Waals surface area (Å²) in [4.78, 5) is 37.6. The highest BCUT2D eigenvalue weighted by Gasteiger charge is 2.28. The zero-order valence-electron chi connectivity index (χ0n) is 13.5. The molecule has 1 atom stereocenters. The van der Waals surface area contributed by atoms with Crippen LogP contribution in [-0.4, -0.2) is 44.9 Å². The summed E-state index contributed by atoms with van der Waals surface area (Å²) in [7, 11) is 0. The second kappa shape index (κ2) is 6.35. The van der Waals surface area contributed by atoms with E-state index in [0.29, 0.717) is 35.4 Å². The molecule has 126 valence electrons. The molecule has 1 saturated heterocycles. The van der Waals surface area contributed by atoms with Gasteiger partial charge in [0.2, 0.25) is 5.95 Å². The number of nitrogens with one attached hydrogen (secondary N) is 2. The molecule has 0 radical (unpaired) electrons. The lowest BCUT2D eigenvalue weighted by atomic mass is 10.1. The van der Waals surface area contributed by atoms with Gasteiger partial charge < -0.3 is 15.2 Å². The van der Waals surface area contributed by atoms with Gasteiger partial charge in [-0.25, -0.2) is 9.97 Å². The van der Waals surface area contributed by atoms with E-state index in [-0.39, 0.29) is 17.5 Å². The fourth-order valence-electron chi connectivity index (χ4n) is 3.18. The van der Waals surface area contributed by atoms with E-state index in [9.17, 15) is 9.59 Å². The summed E-state index contributed by atoms with van der Waals surface area (Å²) in [5.74, 6) is 0.488. The van der Waals surface area contributed by atoms with Crippen LogP contribution in [0.25, 0.3) is 10.8 Å². The number of likely N-dealkylation sites (tertiary alicyclic amines) is 1. The third-order valence-electron chi connectivity index (χ3n) is 4.41. The summed E-state index contributed by atoms with van der Waals surface area (Å²) in [5, 5.41) is 4.46.